The summed E-state index contributed by atoms with van der Waals surface area (Å²) < 4.78 is 5.20. The minimum absolute atomic E-state index is 0.104. The number of aliphatic hydroxyl groups excluding tert-OH is 1. The molecule has 0 aromatic heterocycles. The van der Waals surface area contributed by atoms with E-state index in [0.717, 1.165) is 0 Å². The van der Waals surface area contributed by atoms with E-state index < -0.39 is 0 Å². The molecule has 17 heavy (non-hydrogen) atoms. The Labute approximate surface area is 104 Å². The Morgan fingerprint density at radius 2 is 2.24 bits per heavy atom. The van der Waals surface area contributed by atoms with Crippen LogP contribution in [0.25, 0.3) is 0 Å². The Kier molecular flexibility index (Phi) is 3.24. The van der Waals surface area contributed by atoms with Gasteiger partial charge in [-0.15, -0.1) is 0 Å². The molecule has 0 radical (unpaired) electrons. The molecule has 0 saturated carbocycles. The van der Waals surface area contributed by atoms with Crippen LogP contribution in [0.3, 0.4) is 0 Å². The number of halogens is 1. The van der Waals surface area contributed by atoms with Crippen molar-refractivity contribution in [1.29, 1.82) is 0 Å². The lowest BCUT2D eigenvalue weighted by molar-refractivity contribution is -0.114. The van der Waals surface area contributed by atoms with Gasteiger partial charge in [0.2, 0.25) is 0 Å². The van der Waals surface area contributed by atoms with Crippen molar-refractivity contribution >= 4 is 23.2 Å². The van der Waals surface area contributed by atoms with Crippen LogP contribution in [0.15, 0.2) is 30.0 Å². The van der Waals surface area contributed by atoms with Gasteiger partial charge in [-0.05, 0) is 12.1 Å². The van der Waals surface area contributed by atoms with Gasteiger partial charge in [0.25, 0.3) is 5.91 Å². The molecule has 5 heteroatoms. The molecule has 1 aromatic rings. The first-order chi connectivity index (χ1) is 8.13. The third kappa shape index (κ3) is 2.22. The number of ether oxygens (including phenoxy) is 1. The second-order valence-electron chi connectivity index (χ2n) is 3.67. The van der Waals surface area contributed by atoms with Gasteiger partial charge >= 0.3 is 0 Å². The van der Waals surface area contributed by atoms with Crippen molar-refractivity contribution in [3.63, 3.8) is 0 Å². The van der Waals surface area contributed by atoms with Crippen LogP contribution in [0.1, 0.15) is 6.42 Å². The molecule has 0 fully saturated rings. The van der Waals surface area contributed by atoms with E-state index in [1.807, 2.05) is 0 Å². The van der Waals surface area contributed by atoms with E-state index in [4.69, 9.17) is 16.3 Å². The predicted molar refractivity (Wildman–Crippen MR) is 65.7 cm³/mol. The van der Waals surface area contributed by atoms with Crippen LogP contribution in [0, 0.1) is 0 Å². The monoisotopic (exact) mass is 253 g/mol. The third-order valence-corrected chi connectivity index (χ3v) is 2.89. The highest BCUT2D eigenvalue weighted by Crippen LogP contribution is 2.36. The van der Waals surface area contributed by atoms with Crippen LogP contribution in [-0.4, -0.2) is 24.7 Å². The van der Waals surface area contributed by atoms with E-state index in [1.54, 1.807) is 18.2 Å². The van der Waals surface area contributed by atoms with Gasteiger partial charge in [-0.3, -0.25) is 4.79 Å². The lowest BCUT2D eigenvalue weighted by Gasteiger charge is -2.26. The number of benzene rings is 1. The molecule has 0 saturated heterocycles. The molecule has 0 unspecified atom stereocenters. The smallest absolute Gasteiger partial charge is 0.254 e. The summed E-state index contributed by atoms with van der Waals surface area (Å²) >= 11 is 6.00. The fourth-order valence-electron chi connectivity index (χ4n) is 1.78. The van der Waals surface area contributed by atoms with Crippen LogP contribution < -0.4 is 9.64 Å². The zero-order valence-electron chi connectivity index (χ0n) is 9.31. The highest BCUT2D eigenvalue weighted by Gasteiger charge is 2.23. The largest absolute Gasteiger partial charge is 0.512 e. The number of carbonyl (C=O) groups is 1. The summed E-state index contributed by atoms with van der Waals surface area (Å²) in [5.41, 5.74) is 0.619. The molecule has 1 heterocycles. The lowest BCUT2D eigenvalue weighted by Crippen LogP contribution is -2.34. The number of methoxy groups -OCH3 is 1. The van der Waals surface area contributed by atoms with Crippen molar-refractivity contribution in [1.82, 2.24) is 0 Å². The molecule has 1 aliphatic heterocycles. The zero-order chi connectivity index (χ0) is 12.4. The van der Waals surface area contributed by atoms with Crippen molar-refractivity contribution in [3.8, 4) is 5.75 Å². The highest BCUT2D eigenvalue weighted by molar-refractivity contribution is 6.32. The molecule has 2 rings (SSSR count). The van der Waals surface area contributed by atoms with Gasteiger partial charge in [-0.2, -0.15) is 0 Å². The fraction of sp³-hybridized carbons (Fsp3) is 0.250. The Bertz CT molecular complexity index is 485. The molecule has 1 N–H and O–H groups in total. The molecule has 4 nitrogen and oxygen atoms in total. The van der Waals surface area contributed by atoms with Gasteiger partial charge in [0.05, 0.1) is 23.6 Å². The first-order valence-corrected chi connectivity index (χ1v) is 5.55. The van der Waals surface area contributed by atoms with E-state index in [2.05, 4.69) is 0 Å². The summed E-state index contributed by atoms with van der Waals surface area (Å²) in [4.78, 5) is 13.3. The molecular formula is C12H12ClNO3. The second-order valence-corrected chi connectivity index (χ2v) is 4.07. The van der Waals surface area contributed by atoms with E-state index >= 15 is 0 Å². The van der Waals surface area contributed by atoms with E-state index in [1.165, 1.54) is 18.1 Å². The van der Waals surface area contributed by atoms with E-state index in [-0.39, 0.29) is 11.7 Å². The molecule has 0 aliphatic carbocycles. The Hall–Kier alpha value is -1.68. The van der Waals surface area contributed by atoms with Crippen LogP contribution >= 0.6 is 11.6 Å². The van der Waals surface area contributed by atoms with E-state index in [9.17, 15) is 9.90 Å². The number of anilines is 1. The summed E-state index contributed by atoms with van der Waals surface area (Å²) in [6.45, 7) is 0.415. The molecule has 1 aromatic carbocycles. The minimum atomic E-state index is -0.269. The van der Waals surface area contributed by atoms with Crippen LogP contribution in [0.4, 0.5) is 5.69 Å². The lowest BCUT2D eigenvalue weighted by atomic mass is 10.1. The van der Waals surface area contributed by atoms with Crippen molar-refractivity contribution in [2.24, 2.45) is 0 Å². The first kappa shape index (κ1) is 11.8. The number of carbonyl (C=O) groups excluding carboxylic acids is 1. The molecule has 1 aliphatic rings. The van der Waals surface area contributed by atoms with Gasteiger partial charge in [-0.25, -0.2) is 0 Å². The van der Waals surface area contributed by atoms with Crippen molar-refractivity contribution in [2.75, 3.05) is 18.6 Å². The van der Waals surface area contributed by atoms with Gasteiger partial charge in [0, 0.05) is 19.0 Å². The average Bonchev–Trinajstić information content (AvgIpc) is 2.29. The van der Waals surface area contributed by atoms with Gasteiger partial charge in [0.1, 0.15) is 0 Å². The molecule has 1 amide bonds. The van der Waals surface area contributed by atoms with Crippen LogP contribution in [0.2, 0.25) is 5.02 Å². The number of nitrogens with zero attached hydrogens (tertiary/aromatic N) is 1. The standard InChI is InChI=1S/C12H12ClNO3/c1-17-12-9(13)3-2-4-10(12)14-6-5-8(15)7-11(14)16/h2-4,7,15H,5-6H2,1H3. The molecule has 90 valence electrons. The molecule has 0 spiro atoms. The zero-order valence-corrected chi connectivity index (χ0v) is 10.1. The average molecular weight is 254 g/mol. The summed E-state index contributed by atoms with van der Waals surface area (Å²) in [6.07, 6.45) is 1.64. The van der Waals surface area contributed by atoms with Gasteiger partial charge < -0.3 is 14.7 Å². The van der Waals surface area contributed by atoms with E-state index in [0.29, 0.717) is 29.4 Å². The van der Waals surface area contributed by atoms with Gasteiger partial charge in [0.15, 0.2) is 5.75 Å². The van der Waals surface area contributed by atoms with Crippen molar-refractivity contribution in [3.05, 3.63) is 35.1 Å². The topological polar surface area (TPSA) is 49.8 Å². The normalized spacial score (nSPS) is 15.8. The van der Waals surface area contributed by atoms with Crippen molar-refractivity contribution in [2.45, 2.75) is 6.42 Å². The van der Waals surface area contributed by atoms with Crippen molar-refractivity contribution < 1.29 is 14.6 Å². The Morgan fingerprint density at radius 3 is 2.88 bits per heavy atom. The molecule has 0 bridgehead atoms. The van der Waals surface area contributed by atoms with Crippen LogP contribution in [0.5, 0.6) is 5.75 Å². The molecular weight excluding hydrogens is 242 g/mol. The summed E-state index contributed by atoms with van der Waals surface area (Å²) in [7, 11) is 1.51. The number of para-hydroxylation sites is 1. The fourth-order valence-corrected chi connectivity index (χ4v) is 2.03. The predicted octanol–water partition coefficient (Wildman–Crippen LogP) is 2.53. The SMILES string of the molecule is COc1c(Cl)cccc1N1CCC(O)=CC1=O. The molecule has 0 atom stereocenters. The summed E-state index contributed by atoms with van der Waals surface area (Å²) in [6, 6.07) is 5.22. The minimum Gasteiger partial charge on any atom is -0.512 e. The number of aliphatic hydroxyl groups is 1. The Balaban J connectivity index is 2.41. The first-order valence-electron chi connectivity index (χ1n) is 5.17. The quantitative estimate of drug-likeness (QED) is 0.881. The van der Waals surface area contributed by atoms with Gasteiger partial charge in [-0.1, -0.05) is 17.7 Å². The third-order valence-electron chi connectivity index (χ3n) is 2.59. The number of hydrogen-bond donors (Lipinski definition) is 1. The number of rotatable bonds is 2. The highest BCUT2D eigenvalue weighted by atomic mass is 35.5. The summed E-state index contributed by atoms with van der Waals surface area (Å²) in [5.74, 6) is 0.305. The number of amides is 1. The second kappa shape index (κ2) is 4.67. The van der Waals surface area contributed by atoms with Crippen LogP contribution in [-0.2, 0) is 4.79 Å². The summed E-state index contributed by atoms with van der Waals surface area (Å²) in [5, 5.41) is 9.74. The number of hydrogen-bond acceptors (Lipinski definition) is 3. The maximum atomic E-state index is 11.8. The maximum absolute atomic E-state index is 11.8. The maximum Gasteiger partial charge on any atom is 0.254 e. The Morgan fingerprint density at radius 1 is 1.47 bits per heavy atom.